The van der Waals surface area contributed by atoms with Gasteiger partial charge in [0.05, 0.1) is 0 Å². The quantitative estimate of drug-likeness (QED) is 0.588. The zero-order chi connectivity index (χ0) is 10.9. The summed E-state index contributed by atoms with van der Waals surface area (Å²) >= 11 is 0. The second-order valence-corrected chi connectivity index (χ2v) is 4.31. The van der Waals surface area contributed by atoms with Crippen LogP contribution >= 0.6 is 0 Å². The fourth-order valence-electron chi connectivity index (χ4n) is 1.35. The summed E-state index contributed by atoms with van der Waals surface area (Å²) in [4.78, 5) is 0. The van der Waals surface area contributed by atoms with Crippen molar-refractivity contribution < 1.29 is 0 Å². The van der Waals surface area contributed by atoms with Crippen molar-refractivity contribution in [3.8, 4) is 0 Å². The van der Waals surface area contributed by atoms with Crippen LogP contribution in [-0.4, -0.2) is 19.1 Å². The average Bonchev–Trinajstić information content (AvgIpc) is 2.15. The molecule has 0 saturated carbocycles. The van der Waals surface area contributed by atoms with Gasteiger partial charge in [-0.2, -0.15) is 0 Å². The lowest BCUT2D eigenvalue weighted by molar-refractivity contribution is 0.399. The second kappa shape index (κ2) is 8.01. The van der Waals surface area contributed by atoms with E-state index in [4.69, 9.17) is 5.73 Å². The Balaban J connectivity index is 3.54. The van der Waals surface area contributed by atoms with Gasteiger partial charge in [-0.05, 0) is 46.2 Å². The standard InChI is InChI=1S/C12H26N2/c1-4-5-6-7-8-9-12(2,13)10-11-14-3/h6-7,14H,4-5,8-11,13H2,1-3H3/b7-6-. The molecule has 0 aliphatic heterocycles. The van der Waals surface area contributed by atoms with Gasteiger partial charge in [-0.1, -0.05) is 25.5 Å². The molecule has 2 nitrogen and oxygen atoms in total. The monoisotopic (exact) mass is 198 g/mol. The summed E-state index contributed by atoms with van der Waals surface area (Å²) in [5, 5.41) is 3.14. The number of nitrogens with two attached hydrogens (primary N) is 1. The van der Waals surface area contributed by atoms with Gasteiger partial charge in [0.25, 0.3) is 0 Å². The van der Waals surface area contributed by atoms with Gasteiger partial charge in [-0.15, -0.1) is 0 Å². The molecule has 14 heavy (non-hydrogen) atoms. The van der Waals surface area contributed by atoms with Gasteiger partial charge in [0, 0.05) is 5.54 Å². The Morgan fingerprint density at radius 1 is 1.21 bits per heavy atom. The van der Waals surface area contributed by atoms with Crippen LogP contribution in [0, 0.1) is 0 Å². The molecule has 0 aliphatic rings. The minimum absolute atomic E-state index is 0.0143. The van der Waals surface area contributed by atoms with Crippen molar-refractivity contribution in [3.05, 3.63) is 12.2 Å². The molecule has 0 amide bonds. The van der Waals surface area contributed by atoms with Gasteiger partial charge in [-0.25, -0.2) is 0 Å². The molecular formula is C12H26N2. The third kappa shape index (κ3) is 8.27. The lowest BCUT2D eigenvalue weighted by atomic mass is 9.93. The van der Waals surface area contributed by atoms with E-state index in [2.05, 4.69) is 31.3 Å². The van der Waals surface area contributed by atoms with Gasteiger partial charge in [0.15, 0.2) is 0 Å². The SMILES string of the molecule is CCC/C=C\CCC(C)(N)CCNC. The highest BCUT2D eigenvalue weighted by Gasteiger charge is 2.15. The lowest BCUT2D eigenvalue weighted by Gasteiger charge is -2.23. The first kappa shape index (κ1) is 13.7. The maximum absolute atomic E-state index is 6.14. The number of rotatable bonds is 8. The van der Waals surface area contributed by atoms with Gasteiger partial charge in [0.1, 0.15) is 0 Å². The molecule has 0 rings (SSSR count). The lowest BCUT2D eigenvalue weighted by Crippen LogP contribution is -2.38. The fraction of sp³-hybridized carbons (Fsp3) is 0.833. The Bertz CT molecular complexity index is 150. The molecule has 0 saturated heterocycles. The Hall–Kier alpha value is -0.340. The number of unbranched alkanes of at least 4 members (excludes halogenated alkanes) is 1. The van der Waals surface area contributed by atoms with E-state index >= 15 is 0 Å². The predicted octanol–water partition coefficient (Wildman–Crippen LogP) is 2.45. The van der Waals surface area contributed by atoms with Crippen molar-refractivity contribution in [2.45, 2.75) is 51.5 Å². The molecular weight excluding hydrogens is 172 g/mol. The van der Waals surface area contributed by atoms with Gasteiger partial charge < -0.3 is 11.1 Å². The number of hydrogen-bond acceptors (Lipinski definition) is 2. The molecule has 0 radical (unpaired) electrons. The van der Waals surface area contributed by atoms with Gasteiger partial charge >= 0.3 is 0 Å². The van der Waals surface area contributed by atoms with Crippen molar-refractivity contribution in [2.24, 2.45) is 5.73 Å². The van der Waals surface area contributed by atoms with Crippen LogP contribution in [0.25, 0.3) is 0 Å². The summed E-state index contributed by atoms with van der Waals surface area (Å²) in [7, 11) is 1.97. The summed E-state index contributed by atoms with van der Waals surface area (Å²) < 4.78 is 0. The van der Waals surface area contributed by atoms with Crippen molar-refractivity contribution in [1.29, 1.82) is 0 Å². The highest BCUT2D eigenvalue weighted by Crippen LogP contribution is 2.13. The molecule has 0 aromatic carbocycles. The minimum atomic E-state index is -0.0143. The largest absolute Gasteiger partial charge is 0.325 e. The van der Waals surface area contributed by atoms with E-state index < -0.39 is 0 Å². The first-order valence-electron chi connectivity index (χ1n) is 5.71. The first-order valence-corrected chi connectivity index (χ1v) is 5.71. The van der Waals surface area contributed by atoms with E-state index in [1.165, 1.54) is 12.8 Å². The summed E-state index contributed by atoms with van der Waals surface area (Å²) in [6.45, 7) is 5.34. The third-order valence-electron chi connectivity index (χ3n) is 2.45. The summed E-state index contributed by atoms with van der Waals surface area (Å²) in [6, 6.07) is 0. The molecule has 3 N–H and O–H groups in total. The maximum atomic E-state index is 6.14. The molecule has 0 aliphatic carbocycles. The molecule has 0 aromatic rings. The topological polar surface area (TPSA) is 38.0 Å². The number of nitrogens with one attached hydrogen (secondary N) is 1. The smallest absolute Gasteiger partial charge is 0.0140 e. The summed E-state index contributed by atoms with van der Waals surface area (Å²) in [5.74, 6) is 0. The van der Waals surface area contributed by atoms with E-state index in [1.54, 1.807) is 0 Å². The zero-order valence-corrected chi connectivity index (χ0v) is 9.97. The molecule has 0 bridgehead atoms. The van der Waals surface area contributed by atoms with Crippen LogP contribution in [0.3, 0.4) is 0 Å². The number of allylic oxidation sites excluding steroid dienone is 2. The first-order chi connectivity index (χ1) is 6.62. The second-order valence-electron chi connectivity index (χ2n) is 4.31. The summed E-state index contributed by atoms with van der Waals surface area (Å²) in [5.41, 5.74) is 6.13. The van der Waals surface area contributed by atoms with Crippen LogP contribution in [-0.2, 0) is 0 Å². The molecule has 0 aromatic heterocycles. The van der Waals surface area contributed by atoms with Crippen LogP contribution in [0.4, 0.5) is 0 Å². The highest BCUT2D eigenvalue weighted by atomic mass is 14.8. The van der Waals surface area contributed by atoms with Crippen LogP contribution in [0.1, 0.15) is 46.0 Å². The highest BCUT2D eigenvalue weighted by molar-refractivity contribution is 4.87. The van der Waals surface area contributed by atoms with Crippen LogP contribution in [0.2, 0.25) is 0 Å². The Labute approximate surface area is 89.0 Å². The predicted molar refractivity (Wildman–Crippen MR) is 64.4 cm³/mol. The van der Waals surface area contributed by atoms with Gasteiger partial charge in [-0.3, -0.25) is 0 Å². The third-order valence-corrected chi connectivity index (χ3v) is 2.45. The van der Waals surface area contributed by atoms with Gasteiger partial charge in [0.2, 0.25) is 0 Å². The molecule has 2 heteroatoms. The normalized spacial score (nSPS) is 16.0. The molecule has 0 fully saturated rings. The van der Waals surface area contributed by atoms with E-state index in [9.17, 15) is 0 Å². The Morgan fingerprint density at radius 2 is 1.86 bits per heavy atom. The minimum Gasteiger partial charge on any atom is -0.325 e. The molecule has 84 valence electrons. The fourth-order valence-corrected chi connectivity index (χ4v) is 1.35. The van der Waals surface area contributed by atoms with Crippen molar-refractivity contribution >= 4 is 0 Å². The number of hydrogen-bond donors (Lipinski definition) is 2. The van der Waals surface area contributed by atoms with Crippen molar-refractivity contribution in [3.63, 3.8) is 0 Å². The van der Waals surface area contributed by atoms with E-state index in [0.717, 1.165) is 25.8 Å². The van der Waals surface area contributed by atoms with Crippen LogP contribution < -0.4 is 11.1 Å². The molecule has 0 heterocycles. The molecule has 1 unspecified atom stereocenters. The molecule has 1 atom stereocenters. The Morgan fingerprint density at radius 3 is 2.43 bits per heavy atom. The maximum Gasteiger partial charge on any atom is 0.0140 e. The van der Waals surface area contributed by atoms with E-state index in [0.29, 0.717) is 0 Å². The Kier molecular flexibility index (Phi) is 7.81. The molecule has 0 spiro atoms. The van der Waals surface area contributed by atoms with E-state index in [-0.39, 0.29) is 5.54 Å². The zero-order valence-electron chi connectivity index (χ0n) is 9.97. The van der Waals surface area contributed by atoms with Crippen LogP contribution in [0.5, 0.6) is 0 Å². The van der Waals surface area contributed by atoms with Crippen molar-refractivity contribution in [1.82, 2.24) is 5.32 Å². The average molecular weight is 198 g/mol. The van der Waals surface area contributed by atoms with Crippen LogP contribution in [0.15, 0.2) is 12.2 Å². The summed E-state index contributed by atoms with van der Waals surface area (Å²) in [6.07, 6.45) is 10.2. The van der Waals surface area contributed by atoms with Crippen molar-refractivity contribution in [2.75, 3.05) is 13.6 Å². The van der Waals surface area contributed by atoms with E-state index in [1.807, 2.05) is 7.05 Å².